The molecule has 22 heavy (non-hydrogen) atoms. The third-order valence-electron chi connectivity index (χ3n) is 3.44. The Balaban J connectivity index is 0. The summed E-state index contributed by atoms with van der Waals surface area (Å²) in [5.41, 5.74) is -5.65. The number of hydrogen-bond acceptors (Lipinski definition) is 3. The van der Waals surface area contributed by atoms with Gasteiger partial charge >= 0.3 is 5.51 Å². The minimum atomic E-state index is -6.09. The van der Waals surface area contributed by atoms with E-state index in [2.05, 4.69) is 27.4 Å². The summed E-state index contributed by atoms with van der Waals surface area (Å²) in [6.07, 6.45) is 13.2. The summed E-state index contributed by atoms with van der Waals surface area (Å²) in [7, 11) is -6.61. The molecule has 3 nitrogen and oxygen atoms in total. The van der Waals surface area contributed by atoms with Crippen LogP contribution in [-0.4, -0.2) is 43.6 Å². The highest BCUT2D eigenvalue weighted by molar-refractivity contribution is 7.86. The maximum absolute atomic E-state index is 10.7. The average Bonchev–Trinajstić information content (AvgIpc) is 2.39. The fraction of sp³-hybridized carbons (Fsp3) is 1.00. The lowest BCUT2D eigenvalue weighted by molar-refractivity contribution is -0.0517. The zero-order valence-corrected chi connectivity index (χ0v) is 15.8. The lowest BCUT2D eigenvalue weighted by atomic mass is 10.4. The van der Waals surface area contributed by atoms with Crippen molar-refractivity contribution in [2.75, 3.05) is 25.2 Å². The Morgan fingerprint density at radius 1 is 0.864 bits per heavy atom. The highest BCUT2D eigenvalue weighted by Gasteiger charge is 2.36. The number of halogens is 3. The second-order valence-electron chi connectivity index (χ2n) is 5.75. The van der Waals surface area contributed by atoms with E-state index < -0.39 is 22.9 Å². The minimum Gasteiger partial charge on any atom is -0.741 e. The highest BCUT2D eigenvalue weighted by Crippen LogP contribution is 2.57. The molecule has 8 heteroatoms. The topological polar surface area (TPSA) is 57.2 Å². The van der Waals surface area contributed by atoms with Crippen molar-refractivity contribution in [3.8, 4) is 0 Å². The monoisotopic (exact) mass is 366 g/mol. The van der Waals surface area contributed by atoms with E-state index in [4.69, 9.17) is 13.0 Å². The molecule has 0 heterocycles. The van der Waals surface area contributed by atoms with Gasteiger partial charge in [0.05, 0.1) is 18.5 Å². The van der Waals surface area contributed by atoms with Crippen molar-refractivity contribution in [3.05, 3.63) is 0 Å². The Bertz CT molecular complexity index is 348. The normalized spacial score (nSPS) is 12.7. The molecule has 0 saturated heterocycles. The van der Waals surface area contributed by atoms with E-state index in [1.807, 2.05) is 0 Å². The van der Waals surface area contributed by atoms with Gasteiger partial charge in [-0.1, -0.05) is 40.0 Å². The number of unbranched alkanes of at least 4 members (excludes halogenated alkanes) is 3. The first-order chi connectivity index (χ1) is 9.93. The Labute approximate surface area is 134 Å². The highest BCUT2D eigenvalue weighted by atomic mass is 32.2. The van der Waals surface area contributed by atoms with Gasteiger partial charge in [0.2, 0.25) is 0 Å². The molecule has 0 rings (SSSR count). The largest absolute Gasteiger partial charge is 0.741 e. The van der Waals surface area contributed by atoms with Crippen molar-refractivity contribution < 1.29 is 26.1 Å². The fourth-order valence-corrected chi connectivity index (χ4v) is 5.86. The van der Waals surface area contributed by atoms with E-state index in [0.717, 1.165) is 0 Å². The summed E-state index contributed by atoms with van der Waals surface area (Å²) in [5, 5.41) is 0. The number of hydrogen-bond donors (Lipinski definition) is 0. The molecule has 0 N–H and O–H groups in total. The molecule has 0 unspecified atom stereocenters. The maximum atomic E-state index is 10.7. The standard InChI is InChI=1S/C13H30P.CHF3O3S/c1-5-8-11-14(4,12-9-6-2)13-10-7-3;2-1(3,4)8(5,6)7/h5-13H2,1-4H3;(H,5,6,7)/q+1;/p-1. The van der Waals surface area contributed by atoms with Gasteiger partial charge < -0.3 is 4.55 Å². The van der Waals surface area contributed by atoms with Crippen LogP contribution in [0.1, 0.15) is 59.3 Å². The summed E-state index contributed by atoms with van der Waals surface area (Å²) < 4.78 is 58.9. The van der Waals surface area contributed by atoms with Gasteiger partial charge in [0.25, 0.3) is 0 Å². The number of rotatable bonds is 9. The molecule has 0 bridgehead atoms. The van der Waals surface area contributed by atoms with Crippen molar-refractivity contribution in [1.29, 1.82) is 0 Å². The zero-order valence-electron chi connectivity index (χ0n) is 14.1. The Kier molecular flexibility index (Phi) is 12.9. The summed E-state index contributed by atoms with van der Waals surface area (Å²) in [6, 6.07) is 0. The van der Waals surface area contributed by atoms with Gasteiger partial charge in [-0.25, -0.2) is 8.42 Å². The van der Waals surface area contributed by atoms with Crippen LogP contribution in [0.25, 0.3) is 0 Å². The van der Waals surface area contributed by atoms with Crippen LogP contribution >= 0.6 is 7.26 Å². The second-order valence-corrected chi connectivity index (χ2v) is 11.7. The molecule has 0 aromatic rings. The summed E-state index contributed by atoms with van der Waals surface area (Å²) in [4.78, 5) is 0. The van der Waals surface area contributed by atoms with Crippen molar-refractivity contribution in [2.45, 2.75) is 64.8 Å². The molecule has 0 atom stereocenters. The van der Waals surface area contributed by atoms with E-state index in [1.54, 1.807) is 18.5 Å². The predicted octanol–water partition coefficient (Wildman–Crippen LogP) is 5.09. The van der Waals surface area contributed by atoms with Crippen molar-refractivity contribution >= 4 is 17.4 Å². The minimum absolute atomic E-state index is 0.519. The van der Waals surface area contributed by atoms with E-state index in [9.17, 15) is 13.2 Å². The van der Waals surface area contributed by atoms with Crippen LogP contribution in [0.3, 0.4) is 0 Å². The van der Waals surface area contributed by atoms with Gasteiger partial charge in [-0.05, 0) is 19.3 Å². The third kappa shape index (κ3) is 12.7. The molecule has 0 saturated carbocycles. The summed E-state index contributed by atoms with van der Waals surface area (Å²) in [5.74, 6) is 0. The molecule has 0 fully saturated rings. The quantitative estimate of drug-likeness (QED) is 0.325. The van der Waals surface area contributed by atoms with Crippen molar-refractivity contribution in [2.24, 2.45) is 0 Å². The first kappa shape index (κ1) is 24.4. The van der Waals surface area contributed by atoms with Crippen molar-refractivity contribution in [3.63, 3.8) is 0 Å². The van der Waals surface area contributed by atoms with Crippen molar-refractivity contribution in [1.82, 2.24) is 0 Å². The lowest BCUT2D eigenvalue weighted by Gasteiger charge is -2.22. The van der Waals surface area contributed by atoms with Crippen LogP contribution in [0.4, 0.5) is 13.2 Å². The van der Waals surface area contributed by atoms with Gasteiger partial charge in [0.15, 0.2) is 10.1 Å². The van der Waals surface area contributed by atoms with Crippen LogP contribution in [0.15, 0.2) is 0 Å². The Morgan fingerprint density at radius 3 is 1.23 bits per heavy atom. The van der Waals surface area contributed by atoms with Gasteiger partial charge in [-0.2, -0.15) is 13.2 Å². The molecule has 0 aliphatic heterocycles. The summed E-state index contributed by atoms with van der Waals surface area (Å²) >= 11 is 0. The number of alkyl halides is 3. The first-order valence-corrected chi connectivity index (χ1v) is 12.0. The van der Waals surface area contributed by atoms with Gasteiger partial charge in [-0.3, -0.25) is 0 Å². The molecule has 136 valence electrons. The average molecular weight is 366 g/mol. The first-order valence-electron chi connectivity index (χ1n) is 7.79. The lowest BCUT2D eigenvalue weighted by Crippen LogP contribution is -2.21. The molecule has 0 spiro atoms. The smallest absolute Gasteiger partial charge is 0.485 e. The SMILES string of the molecule is CCCC[P+](C)(CCCC)CCCC.O=S(=O)([O-])C(F)(F)F. The predicted molar refractivity (Wildman–Crippen MR) is 87.9 cm³/mol. The maximum Gasteiger partial charge on any atom is 0.485 e. The second kappa shape index (κ2) is 11.6. The van der Waals surface area contributed by atoms with Gasteiger partial charge in [0.1, 0.15) is 0 Å². The zero-order chi connectivity index (χ0) is 17.9. The summed E-state index contributed by atoms with van der Waals surface area (Å²) in [6.45, 7) is 9.59. The molecule has 0 radical (unpaired) electrons. The molecular formula is C14H30F3O3PS. The Morgan fingerprint density at radius 2 is 1.09 bits per heavy atom. The Hall–Kier alpha value is 0.130. The molecule has 0 aliphatic carbocycles. The molecule has 0 aliphatic rings. The van der Waals surface area contributed by atoms with E-state index in [1.165, 1.54) is 38.5 Å². The fourth-order valence-electron chi connectivity index (χ4n) is 1.95. The van der Waals surface area contributed by atoms with E-state index >= 15 is 0 Å². The van der Waals surface area contributed by atoms with Gasteiger partial charge in [0, 0.05) is 13.9 Å². The van der Waals surface area contributed by atoms with Crippen LogP contribution in [0.5, 0.6) is 0 Å². The van der Waals surface area contributed by atoms with Crippen LogP contribution < -0.4 is 0 Å². The molecular weight excluding hydrogens is 336 g/mol. The van der Waals surface area contributed by atoms with Crippen LogP contribution in [-0.2, 0) is 10.1 Å². The van der Waals surface area contributed by atoms with E-state index in [-0.39, 0.29) is 0 Å². The molecule has 0 aromatic heterocycles. The third-order valence-corrected chi connectivity index (χ3v) is 8.19. The van der Waals surface area contributed by atoms with E-state index in [0.29, 0.717) is 0 Å². The molecule has 0 aromatic carbocycles. The van der Waals surface area contributed by atoms with Gasteiger partial charge in [-0.15, -0.1) is 0 Å². The molecule has 0 amide bonds. The van der Waals surface area contributed by atoms with Crippen LogP contribution in [0, 0.1) is 0 Å². The van der Waals surface area contributed by atoms with Crippen LogP contribution in [0.2, 0.25) is 0 Å².